The second-order valence-corrected chi connectivity index (χ2v) is 7.44. The lowest BCUT2D eigenvalue weighted by Gasteiger charge is -2.11. The minimum atomic E-state index is -0.888. The van der Waals surface area contributed by atoms with E-state index in [2.05, 4.69) is 22.6 Å². The van der Waals surface area contributed by atoms with E-state index in [0.717, 1.165) is 20.3 Å². The number of hydrogen-bond donors (Lipinski definition) is 1. The third-order valence-corrected chi connectivity index (χ3v) is 5.03. The van der Waals surface area contributed by atoms with Crippen LogP contribution in [-0.2, 0) is 11.2 Å². The molecule has 3 aromatic carbocycles. The Labute approximate surface area is 180 Å². The van der Waals surface area contributed by atoms with Gasteiger partial charge in [0.1, 0.15) is 24.0 Å². The van der Waals surface area contributed by atoms with Gasteiger partial charge in [0.2, 0.25) is 0 Å². The Hall–Kier alpha value is -2.74. The summed E-state index contributed by atoms with van der Waals surface area (Å²) in [6.45, 7) is 0.234. The Kier molecular flexibility index (Phi) is 6.98. The maximum Gasteiger partial charge on any atom is 0.307 e. The van der Waals surface area contributed by atoms with Crippen molar-refractivity contribution in [2.24, 2.45) is 0 Å². The Morgan fingerprint density at radius 1 is 0.931 bits per heavy atom. The number of carboxylic acid groups (broad SMARTS) is 1. The number of hydrogen-bond acceptors (Lipinski definition) is 2. The molecule has 1 N–H and O–H groups in total. The number of benzene rings is 3. The first kappa shape index (κ1) is 21.0. The van der Waals surface area contributed by atoms with Crippen LogP contribution in [0.2, 0.25) is 0 Å². The van der Waals surface area contributed by atoms with E-state index in [1.165, 1.54) is 24.3 Å². The molecular formula is C23H17F2IO3. The van der Waals surface area contributed by atoms with Gasteiger partial charge in [-0.05, 0) is 87.3 Å². The highest BCUT2D eigenvalue weighted by molar-refractivity contribution is 14.1. The Bertz CT molecular complexity index is 981. The van der Waals surface area contributed by atoms with E-state index >= 15 is 0 Å². The zero-order chi connectivity index (χ0) is 20.8. The molecule has 0 amide bonds. The molecular weight excluding hydrogens is 489 g/mol. The quantitative estimate of drug-likeness (QED) is 0.418. The fourth-order valence-corrected chi connectivity index (χ4v) is 3.56. The summed E-state index contributed by atoms with van der Waals surface area (Å²) < 4.78 is 33.3. The molecule has 0 aliphatic rings. The van der Waals surface area contributed by atoms with Crippen molar-refractivity contribution in [3.05, 3.63) is 105 Å². The molecule has 3 rings (SSSR count). The number of rotatable bonds is 7. The van der Waals surface area contributed by atoms with Crippen molar-refractivity contribution in [1.29, 1.82) is 0 Å². The standard InChI is InChI=1S/C23H17F2IO3/c24-18-6-2-16(3-7-18)20(17-4-8-19(25)9-5-17)11-12-29-22-10-1-15(13-21(22)26)14-23(27)28/h1-11,13H,12,14H2,(H,27,28). The summed E-state index contributed by atoms with van der Waals surface area (Å²) >= 11 is 2.10. The molecule has 0 bridgehead atoms. The topological polar surface area (TPSA) is 46.5 Å². The van der Waals surface area contributed by atoms with Crippen molar-refractivity contribution < 1.29 is 23.4 Å². The smallest absolute Gasteiger partial charge is 0.307 e. The summed E-state index contributed by atoms with van der Waals surface area (Å²) in [4.78, 5) is 10.8. The molecule has 0 fully saturated rings. The van der Waals surface area contributed by atoms with E-state index in [-0.39, 0.29) is 24.7 Å². The lowest BCUT2D eigenvalue weighted by Crippen LogP contribution is -2.02. The molecule has 6 heteroatoms. The molecule has 29 heavy (non-hydrogen) atoms. The fourth-order valence-electron chi connectivity index (χ4n) is 2.82. The fraction of sp³-hybridized carbons (Fsp3) is 0.0870. The van der Waals surface area contributed by atoms with Gasteiger partial charge in [0.15, 0.2) is 0 Å². The van der Waals surface area contributed by atoms with Gasteiger partial charge in [-0.15, -0.1) is 0 Å². The predicted molar refractivity (Wildman–Crippen MR) is 116 cm³/mol. The largest absolute Gasteiger partial charge is 0.488 e. The Morgan fingerprint density at radius 2 is 1.48 bits per heavy atom. The van der Waals surface area contributed by atoms with Gasteiger partial charge in [-0.1, -0.05) is 30.3 Å². The van der Waals surface area contributed by atoms with Gasteiger partial charge in [0.05, 0.1) is 9.99 Å². The third-order valence-electron chi connectivity index (χ3n) is 4.19. The van der Waals surface area contributed by atoms with Crippen LogP contribution < -0.4 is 4.74 Å². The summed E-state index contributed by atoms with van der Waals surface area (Å²) in [5.74, 6) is -0.923. The minimum absolute atomic E-state index is 0.0462. The van der Waals surface area contributed by atoms with E-state index in [4.69, 9.17) is 9.84 Å². The lowest BCUT2D eigenvalue weighted by atomic mass is 9.97. The second-order valence-electron chi connectivity index (χ2n) is 6.28. The normalized spacial score (nSPS) is 10.4. The number of ether oxygens (including phenoxy) is 1. The lowest BCUT2D eigenvalue weighted by molar-refractivity contribution is -0.136. The Balaban J connectivity index is 1.82. The highest BCUT2D eigenvalue weighted by atomic mass is 127. The van der Waals surface area contributed by atoms with Crippen molar-refractivity contribution in [3.63, 3.8) is 0 Å². The summed E-state index contributed by atoms with van der Waals surface area (Å²) in [6, 6.07) is 17.4. The Morgan fingerprint density at radius 3 is 1.97 bits per heavy atom. The van der Waals surface area contributed by atoms with Crippen LogP contribution in [0.15, 0.2) is 72.8 Å². The first-order valence-corrected chi connectivity index (χ1v) is 9.85. The zero-order valence-electron chi connectivity index (χ0n) is 15.2. The van der Waals surface area contributed by atoms with Gasteiger partial charge < -0.3 is 9.84 Å². The monoisotopic (exact) mass is 506 g/mol. The molecule has 3 nitrogen and oxygen atoms in total. The molecule has 0 unspecified atom stereocenters. The summed E-state index contributed by atoms with van der Waals surface area (Å²) in [5, 5.41) is 8.89. The molecule has 0 aliphatic carbocycles. The molecule has 0 spiro atoms. The summed E-state index contributed by atoms with van der Waals surface area (Å²) in [6.07, 6.45) is 1.80. The average molecular weight is 506 g/mol. The van der Waals surface area contributed by atoms with Crippen molar-refractivity contribution in [1.82, 2.24) is 0 Å². The molecule has 0 aromatic heterocycles. The minimum Gasteiger partial charge on any atom is -0.488 e. The van der Waals surface area contributed by atoms with Crippen LogP contribution in [0.5, 0.6) is 5.75 Å². The van der Waals surface area contributed by atoms with Crippen LogP contribution in [0.25, 0.3) is 5.57 Å². The molecule has 0 saturated heterocycles. The second kappa shape index (κ2) is 9.65. The van der Waals surface area contributed by atoms with Crippen LogP contribution in [0, 0.1) is 15.2 Å². The number of carbonyl (C=O) groups is 1. The maximum atomic E-state index is 13.3. The van der Waals surface area contributed by atoms with E-state index < -0.39 is 5.97 Å². The number of carboxylic acids is 1. The van der Waals surface area contributed by atoms with Gasteiger partial charge in [0, 0.05) is 0 Å². The molecule has 0 aliphatic heterocycles. The molecule has 0 heterocycles. The van der Waals surface area contributed by atoms with Gasteiger partial charge in [-0.3, -0.25) is 4.79 Å². The van der Waals surface area contributed by atoms with E-state index in [0.29, 0.717) is 11.3 Å². The van der Waals surface area contributed by atoms with Gasteiger partial charge in [0.25, 0.3) is 0 Å². The molecule has 148 valence electrons. The highest BCUT2D eigenvalue weighted by Gasteiger charge is 2.08. The van der Waals surface area contributed by atoms with Crippen LogP contribution >= 0.6 is 22.6 Å². The SMILES string of the molecule is O=C(O)Cc1ccc(OCC=C(c2ccc(F)cc2)c2ccc(F)cc2)c(I)c1. The van der Waals surface area contributed by atoms with Crippen LogP contribution in [-0.4, -0.2) is 17.7 Å². The summed E-state index contributed by atoms with van der Waals surface area (Å²) in [5.41, 5.74) is 3.06. The van der Waals surface area contributed by atoms with E-state index in [1.807, 2.05) is 6.08 Å². The van der Waals surface area contributed by atoms with Gasteiger partial charge >= 0.3 is 5.97 Å². The molecule has 0 radical (unpaired) electrons. The summed E-state index contributed by atoms with van der Waals surface area (Å²) in [7, 11) is 0. The van der Waals surface area contributed by atoms with Crippen molar-refractivity contribution in [2.45, 2.75) is 6.42 Å². The number of aliphatic carboxylic acids is 1. The van der Waals surface area contributed by atoms with Crippen molar-refractivity contribution >= 4 is 34.1 Å². The highest BCUT2D eigenvalue weighted by Crippen LogP contribution is 2.26. The predicted octanol–water partition coefficient (Wildman–Crippen LogP) is 5.71. The molecule has 3 aromatic rings. The van der Waals surface area contributed by atoms with Crippen molar-refractivity contribution in [3.8, 4) is 5.75 Å². The van der Waals surface area contributed by atoms with Gasteiger partial charge in [-0.2, -0.15) is 0 Å². The van der Waals surface area contributed by atoms with Crippen LogP contribution in [0.1, 0.15) is 16.7 Å². The number of halogens is 3. The first-order chi connectivity index (χ1) is 13.9. The van der Waals surface area contributed by atoms with E-state index in [9.17, 15) is 13.6 Å². The first-order valence-electron chi connectivity index (χ1n) is 8.77. The molecule has 0 saturated carbocycles. The van der Waals surface area contributed by atoms with Crippen LogP contribution in [0.4, 0.5) is 8.78 Å². The van der Waals surface area contributed by atoms with Crippen molar-refractivity contribution in [2.75, 3.05) is 6.61 Å². The third kappa shape index (κ3) is 5.87. The van der Waals surface area contributed by atoms with E-state index in [1.54, 1.807) is 42.5 Å². The zero-order valence-corrected chi connectivity index (χ0v) is 17.4. The average Bonchev–Trinajstić information content (AvgIpc) is 2.68. The maximum absolute atomic E-state index is 13.3. The van der Waals surface area contributed by atoms with Crippen LogP contribution in [0.3, 0.4) is 0 Å². The van der Waals surface area contributed by atoms with Gasteiger partial charge in [-0.25, -0.2) is 8.78 Å². The molecule has 0 atom stereocenters.